The normalized spacial score (nSPS) is 12.5. The molecule has 6 heteroatoms. The molecule has 0 saturated heterocycles. The van der Waals surface area contributed by atoms with Gasteiger partial charge in [-0.1, -0.05) is 78.7 Å². The van der Waals surface area contributed by atoms with E-state index in [2.05, 4.69) is 5.32 Å². The summed E-state index contributed by atoms with van der Waals surface area (Å²) in [6, 6.07) is 22.4. The average molecular weight is 507 g/mol. The number of nitrogens with zero attached hydrogens (tertiary/aromatic N) is 1. The Hall–Kier alpha value is -3.31. The minimum Gasteiger partial charge on any atom is -0.484 e. The van der Waals surface area contributed by atoms with E-state index in [1.54, 1.807) is 23.1 Å². The van der Waals surface area contributed by atoms with Gasteiger partial charge in [-0.15, -0.1) is 0 Å². The molecule has 0 bridgehead atoms. The summed E-state index contributed by atoms with van der Waals surface area (Å²) in [5.41, 5.74) is 3.94. The van der Waals surface area contributed by atoms with Crippen LogP contribution in [0.2, 0.25) is 5.02 Å². The van der Waals surface area contributed by atoms with Gasteiger partial charge in [0, 0.05) is 24.0 Å². The molecule has 36 heavy (non-hydrogen) atoms. The molecule has 0 fully saturated rings. The van der Waals surface area contributed by atoms with Gasteiger partial charge in [-0.25, -0.2) is 0 Å². The van der Waals surface area contributed by atoms with Gasteiger partial charge in [-0.3, -0.25) is 9.59 Å². The number of hydrogen-bond donors (Lipinski definition) is 1. The number of carbonyl (C=O) groups excluding carboxylic acids is 2. The number of ether oxygens (including phenoxy) is 1. The number of aryl methyl sites for hydroxylation is 2. The summed E-state index contributed by atoms with van der Waals surface area (Å²) in [4.78, 5) is 28.8. The van der Waals surface area contributed by atoms with Gasteiger partial charge >= 0.3 is 0 Å². The quantitative estimate of drug-likeness (QED) is 0.352. The molecule has 0 aromatic heterocycles. The molecule has 0 radical (unpaired) electrons. The molecular weight excluding hydrogens is 472 g/mol. The fourth-order valence-electron chi connectivity index (χ4n) is 3.82. The second-order valence-electron chi connectivity index (χ2n) is 9.23. The highest BCUT2D eigenvalue weighted by atomic mass is 35.5. The zero-order chi connectivity index (χ0) is 26.1. The average Bonchev–Trinajstić information content (AvgIpc) is 2.88. The van der Waals surface area contributed by atoms with Crippen molar-refractivity contribution in [1.82, 2.24) is 10.2 Å². The number of hydrogen-bond acceptors (Lipinski definition) is 3. The van der Waals surface area contributed by atoms with E-state index in [9.17, 15) is 9.59 Å². The van der Waals surface area contributed by atoms with Crippen LogP contribution < -0.4 is 10.1 Å². The number of amides is 2. The van der Waals surface area contributed by atoms with Gasteiger partial charge in [0.25, 0.3) is 5.91 Å². The van der Waals surface area contributed by atoms with Crippen LogP contribution in [0.4, 0.5) is 0 Å². The van der Waals surface area contributed by atoms with Crippen LogP contribution in [-0.4, -0.2) is 35.4 Å². The Morgan fingerprint density at radius 2 is 1.67 bits per heavy atom. The smallest absolute Gasteiger partial charge is 0.261 e. The predicted molar refractivity (Wildman–Crippen MR) is 145 cm³/mol. The Bertz CT molecular complexity index is 1150. The minimum absolute atomic E-state index is 0.000364. The largest absolute Gasteiger partial charge is 0.484 e. The fraction of sp³-hybridized carbons (Fsp3) is 0.333. The summed E-state index contributed by atoms with van der Waals surface area (Å²) in [6.45, 7) is 8.01. The van der Waals surface area contributed by atoms with Crippen LogP contribution in [0.25, 0.3) is 0 Å². The van der Waals surface area contributed by atoms with E-state index in [0.29, 0.717) is 23.7 Å². The monoisotopic (exact) mass is 506 g/mol. The third-order valence-corrected chi connectivity index (χ3v) is 6.66. The molecule has 2 atom stereocenters. The fourth-order valence-corrected chi connectivity index (χ4v) is 3.94. The van der Waals surface area contributed by atoms with E-state index in [4.69, 9.17) is 16.3 Å². The van der Waals surface area contributed by atoms with Crippen LogP contribution in [0.3, 0.4) is 0 Å². The van der Waals surface area contributed by atoms with Crippen LogP contribution in [0.15, 0.2) is 72.8 Å². The molecule has 3 aromatic rings. The van der Waals surface area contributed by atoms with Crippen molar-refractivity contribution in [2.24, 2.45) is 0 Å². The first kappa shape index (κ1) is 27.3. The van der Waals surface area contributed by atoms with Crippen molar-refractivity contribution < 1.29 is 14.3 Å². The van der Waals surface area contributed by atoms with E-state index in [-0.39, 0.29) is 24.5 Å². The first-order chi connectivity index (χ1) is 17.3. The van der Waals surface area contributed by atoms with E-state index >= 15 is 0 Å². The van der Waals surface area contributed by atoms with Crippen LogP contribution >= 0.6 is 11.6 Å². The van der Waals surface area contributed by atoms with Crippen molar-refractivity contribution in [3.05, 3.63) is 100 Å². The number of nitrogens with one attached hydrogen (secondary N) is 1. The molecule has 5 nitrogen and oxygen atoms in total. The lowest BCUT2D eigenvalue weighted by Crippen LogP contribution is -2.53. The molecule has 190 valence electrons. The zero-order valence-electron chi connectivity index (χ0n) is 21.5. The lowest BCUT2D eigenvalue weighted by molar-refractivity contribution is -0.143. The van der Waals surface area contributed by atoms with E-state index < -0.39 is 6.04 Å². The van der Waals surface area contributed by atoms with Gasteiger partial charge in [0.2, 0.25) is 5.91 Å². The van der Waals surface area contributed by atoms with Crippen LogP contribution in [0, 0.1) is 13.8 Å². The Balaban J connectivity index is 1.90. The first-order valence-electron chi connectivity index (χ1n) is 12.3. The number of halogens is 1. The topological polar surface area (TPSA) is 58.6 Å². The molecule has 0 heterocycles. The van der Waals surface area contributed by atoms with Crippen molar-refractivity contribution in [3.63, 3.8) is 0 Å². The van der Waals surface area contributed by atoms with Crippen molar-refractivity contribution >= 4 is 23.4 Å². The van der Waals surface area contributed by atoms with Crippen molar-refractivity contribution in [2.75, 3.05) is 6.61 Å². The Morgan fingerprint density at radius 3 is 2.31 bits per heavy atom. The molecule has 3 aromatic carbocycles. The molecule has 0 aliphatic carbocycles. The highest BCUT2D eigenvalue weighted by Gasteiger charge is 2.31. The van der Waals surface area contributed by atoms with Crippen molar-refractivity contribution in [3.8, 4) is 5.75 Å². The van der Waals surface area contributed by atoms with Crippen LogP contribution in [0.1, 0.15) is 42.5 Å². The maximum atomic E-state index is 13.6. The standard InChI is InChI=1S/C30H35ClN2O3/c1-5-23(4)32-30(35)28(18-24-9-7-6-8-10-24)33(19-25-13-11-21(2)12-14-25)29(34)20-36-26-15-16-27(31)22(3)17-26/h6-17,23,28H,5,18-20H2,1-4H3,(H,32,35)/t23-,28-/m0/s1. The van der Waals surface area contributed by atoms with Crippen LogP contribution in [-0.2, 0) is 22.6 Å². The van der Waals surface area contributed by atoms with Crippen molar-refractivity contribution in [1.29, 1.82) is 0 Å². The second kappa shape index (κ2) is 13.1. The Morgan fingerprint density at radius 1 is 0.972 bits per heavy atom. The van der Waals surface area contributed by atoms with Gasteiger partial charge in [-0.05, 0) is 62.1 Å². The SMILES string of the molecule is CC[C@H](C)NC(=O)[C@H](Cc1ccccc1)N(Cc1ccc(C)cc1)C(=O)COc1ccc(Cl)c(C)c1. The molecule has 1 N–H and O–H groups in total. The molecule has 0 unspecified atom stereocenters. The predicted octanol–water partition coefficient (Wildman–Crippen LogP) is 5.89. The molecule has 0 spiro atoms. The highest BCUT2D eigenvalue weighted by Crippen LogP contribution is 2.22. The summed E-state index contributed by atoms with van der Waals surface area (Å²) < 4.78 is 5.84. The van der Waals surface area contributed by atoms with Crippen molar-refractivity contribution in [2.45, 2.75) is 59.2 Å². The molecule has 3 rings (SSSR count). The Kier molecular flexibility index (Phi) is 9.95. The number of benzene rings is 3. The van der Waals surface area contributed by atoms with Gasteiger partial charge in [-0.2, -0.15) is 0 Å². The number of carbonyl (C=O) groups is 2. The van der Waals surface area contributed by atoms with Gasteiger partial charge in [0.1, 0.15) is 11.8 Å². The minimum atomic E-state index is -0.689. The highest BCUT2D eigenvalue weighted by molar-refractivity contribution is 6.31. The van der Waals surface area contributed by atoms with Crippen LogP contribution in [0.5, 0.6) is 5.75 Å². The third-order valence-electron chi connectivity index (χ3n) is 6.24. The lowest BCUT2D eigenvalue weighted by atomic mass is 10.0. The molecule has 2 amide bonds. The molecule has 0 aliphatic heterocycles. The lowest BCUT2D eigenvalue weighted by Gasteiger charge is -2.32. The Labute approximate surface area is 219 Å². The molecule has 0 aliphatic rings. The zero-order valence-corrected chi connectivity index (χ0v) is 22.2. The van der Waals surface area contributed by atoms with E-state index in [1.165, 1.54) is 0 Å². The summed E-state index contributed by atoms with van der Waals surface area (Å²) in [7, 11) is 0. The maximum Gasteiger partial charge on any atom is 0.261 e. The molecular formula is C30H35ClN2O3. The van der Waals surface area contributed by atoms with Gasteiger partial charge in [0.15, 0.2) is 6.61 Å². The summed E-state index contributed by atoms with van der Waals surface area (Å²) in [6.07, 6.45) is 1.20. The first-order valence-corrected chi connectivity index (χ1v) is 12.7. The summed E-state index contributed by atoms with van der Waals surface area (Å²) in [5.74, 6) is 0.128. The number of rotatable bonds is 11. The van der Waals surface area contributed by atoms with E-state index in [1.807, 2.05) is 82.3 Å². The second-order valence-corrected chi connectivity index (χ2v) is 9.64. The summed E-state index contributed by atoms with van der Waals surface area (Å²) in [5, 5.41) is 3.72. The van der Waals surface area contributed by atoms with E-state index in [0.717, 1.165) is 28.7 Å². The van der Waals surface area contributed by atoms with Gasteiger partial charge < -0.3 is 15.0 Å². The van der Waals surface area contributed by atoms with Gasteiger partial charge in [0.05, 0.1) is 0 Å². The maximum absolute atomic E-state index is 13.6. The summed E-state index contributed by atoms with van der Waals surface area (Å²) >= 11 is 6.13. The third kappa shape index (κ3) is 7.85. The molecule has 0 saturated carbocycles.